The zero-order chi connectivity index (χ0) is 6.15. The van der Waals surface area contributed by atoms with Crippen molar-refractivity contribution in [1.29, 1.82) is 0 Å². The third kappa shape index (κ3) is 1.14. The number of aromatic nitrogens is 2. The first kappa shape index (κ1) is 6.35. The Morgan fingerprint density at radius 1 is 1.88 bits per heavy atom. The summed E-state index contributed by atoms with van der Waals surface area (Å²) in [6.45, 7) is 0. The molecule has 0 aliphatic rings. The summed E-state index contributed by atoms with van der Waals surface area (Å²) in [5.41, 5.74) is 0. The van der Waals surface area contributed by atoms with Crippen LogP contribution >= 0.6 is 34.2 Å². The molecule has 0 radical (unpaired) electrons. The molecule has 0 aromatic carbocycles. The largest absolute Gasteiger partial charge is 0.256 e. The Hall–Kier alpha value is 0.230. The SMILES string of the molecule is Cn1nc(I)cc1Cl. The molecule has 4 heteroatoms. The first-order chi connectivity index (χ1) is 3.70. The van der Waals surface area contributed by atoms with Crippen molar-refractivity contribution in [2.45, 2.75) is 0 Å². The summed E-state index contributed by atoms with van der Waals surface area (Å²) in [6.07, 6.45) is 0. The van der Waals surface area contributed by atoms with Crippen LogP contribution in [0.2, 0.25) is 5.15 Å². The molecule has 0 atom stereocenters. The van der Waals surface area contributed by atoms with Gasteiger partial charge in [0.25, 0.3) is 0 Å². The molecule has 1 rings (SSSR count). The van der Waals surface area contributed by atoms with E-state index in [0.717, 1.165) is 3.70 Å². The lowest BCUT2D eigenvalue weighted by Crippen LogP contribution is -1.88. The lowest BCUT2D eigenvalue weighted by molar-refractivity contribution is 0.760. The number of nitrogens with zero attached hydrogens (tertiary/aromatic N) is 2. The maximum absolute atomic E-state index is 5.63. The van der Waals surface area contributed by atoms with Crippen LogP contribution in [0.4, 0.5) is 0 Å². The van der Waals surface area contributed by atoms with Gasteiger partial charge in [-0.05, 0) is 22.6 Å². The molecule has 44 valence electrons. The molecule has 0 saturated carbocycles. The minimum atomic E-state index is 0.675. The molecule has 0 bridgehead atoms. The molecular weight excluding hydrogens is 238 g/mol. The molecule has 0 unspecified atom stereocenters. The minimum absolute atomic E-state index is 0.675. The Morgan fingerprint density at radius 3 is 2.62 bits per heavy atom. The van der Waals surface area contributed by atoms with Crippen molar-refractivity contribution >= 4 is 34.2 Å². The lowest BCUT2D eigenvalue weighted by atomic mass is 10.7. The molecule has 0 fully saturated rings. The van der Waals surface area contributed by atoms with Crippen LogP contribution in [0.3, 0.4) is 0 Å². The summed E-state index contributed by atoms with van der Waals surface area (Å²) < 4.78 is 2.55. The Bertz CT molecular complexity index is 176. The third-order valence-electron chi connectivity index (χ3n) is 0.793. The fraction of sp³-hybridized carbons (Fsp3) is 0.250. The van der Waals surface area contributed by atoms with Gasteiger partial charge in [0, 0.05) is 13.1 Å². The predicted octanol–water partition coefficient (Wildman–Crippen LogP) is 1.68. The fourth-order valence-electron chi connectivity index (χ4n) is 0.412. The van der Waals surface area contributed by atoms with E-state index in [2.05, 4.69) is 27.7 Å². The molecule has 0 aliphatic heterocycles. The summed E-state index contributed by atoms with van der Waals surface area (Å²) in [5.74, 6) is 0. The molecule has 0 amide bonds. The highest BCUT2D eigenvalue weighted by Crippen LogP contribution is 2.09. The Balaban J connectivity index is 3.14. The van der Waals surface area contributed by atoms with Crippen molar-refractivity contribution < 1.29 is 0 Å². The van der Waals surface area contributed by atoms with Crippen molar-refractivity contribution in [3.8, 4) is 0 Å². The van der Waals surface area contributed by atoms with Gasteiger partial charge in [-0.3, -0.25) is 4.68 Å². The van der Waals surface area contributed by atoms with E-state index >= 15 is 0 Å². The number of halogens is 2. The Kier molecular flexibility index (Phi) is 1.77. The second-order valence-electron chi connectivity index (χ2n) is 1.41. The van der Waals surface area contributed by atoms with E-state index < -0.39 is 0 Å². The van der Waals surface area contributed by atoms with E-state index in [9.17, 15) is 0 Å². The van der Waals surface area contributed by atoms with E-state index in [-0.39, 0.29) is 0 Å². The van der Waals surface area contributed by atoms with Crippen LogP contribution in [0, 0.1) is 3.70 Å². The van der Waals surface area contributed by atoms with Gasteiger partial charge in [0.1, 0.15) is 8.85 Å². The highest BCUT2D eigenvalue weighted by molar-refractivity contribution is 14.1. The number of hydrogen-bond donors (Lipinski definition) is 0. The maximum atomic E-state index is 5.63. The minimum Gasteiger partial charge on any atom is -0.256 e. The molecule has 0 spiro atoms. The first-order valence-electron chi connectivity index (χ1n) is 2.05. The molecule has 8 heavy (non-hydrogen) atoms. The molecule has 1 aromatic rings. The quantitative estimate of drug-likeness (QED) is 0.633. The second kappa shape index (κ2) is 2.23. The van der Waals surface area contributed by atoms with Gasteiger partial charge in [0.15, 0.2) is 0 Å². The molecule has 0 N–H and O–H groups in total. The van der Waals surface area contributed by atoms with E-state index in [1.807, 2.05) is 13.1 Å². The summed E-state index contributed by atoms with van der Waals surface area (Å²) in [7, 11) is 1.81. The van der Waals surface area contributed by atoms with Crippen LogP contribution in [0.1, 0.15) is 0 Å². The molecule has 0 aliphatic carbocycles. The monoisotopic (exact) mass is 242 g/mol. The molecular formula is C4H4ClIN2. The predicted molar refractivity (Wildman–Crippen MR) is 40.9 cm³/mol. The topological polar surface area (TPSA) is 17.8 Å². The van der Waals surface area contributed by atoms with Gasteiger partial charge in [-0.25, -0.2) is 0 Å². The smallest absolute Gasteiger partial charge is 0.127 e. The molecule has 1 heterocycles. The fourth-order valence-corrected chi connectivity index (χ4v) is 1.36. The van der Waals surface area contributed by atoms with Gasteiger partial charge >= 0.3 is 0 Å². The average molecular weight is 242 g/mol. The van der Waals surface area contributed by atoms with Crippen LogP contribution in [0.5, 0.6) is 0 Å². The summed E-state index contributed by atoms with van der Waals surface area (Å²) >= 11 is 7.74. The maximum Gasteiger partial charge on any atom is 0.127 e. The lowest BCUT2D eigenvalue weighted by Gasteiger charge is -1.84. The van der Waals surface area contributed by atoms with E-state index in [0.29, 0.717) is 5.15 Å². The van der Waals surface area contributed by atoms with Gasteiger partial charge in [0.05, 0.1) is 0 Å². The summed E-state index contributed by atoms with van der Waals surface area (Å²) in [5, 5.41) is 4.66. The van der Waals surface area contributed by atoms with Gasteiger partial charge in [-0.15, -0.1) is 0 Å². The molecule has 1 aromatic heterocycles. The van der Waals surface area contributed by atoms with Crippen molar-refractivity contribution in [3.63, 3.8) is 0 Å². The average Bonchev–Trinajstić information content (AvgIpc) is 1.85. The summed E-state index contributed by atoms with van der Waals surface area (Å²) in [4.78, 5) is 0. The van der Waals surface area contributed by atoms with Gasteiger partial charge in [-0.1, -0.05) is 11.6 Å². The van der Waals surface area contributed by atoms with Crippen molar-refractivity contribution in [2.24, 2.45) is 7.05 Å². The highest BCUT2D eigenvalue weighted by atomic mass is 127. The van der Waals surface area contributed by atoms with Gasteiger partial charge < -0.3 is 0 Å². The van der Waals surface area contributed by atoms with Crippen molar-refractivity contribution in [3.05, 3.63) is 14.9 Å². The van der Waals surface area contributed by atoms with Crippen LogP contribution < -0.4 is 0 Å². The van der Waals surface area contributed by atoms with Gasteiger partial charge in [0.2, 0.25) is 0 Å². The first-order valence-corrected chi connectivity index (χ1v) is 3.51. The third-order valence-corrected chi connectivity index (χ3v) is 1.67. The van der Waals surface area contributed by atoms with Crippen LogP contribution in [-0.4, -0.2) is 9.78 Å². The van der Waals surface area contributed by atoms with Crippen molar-refractivity contribution in [1.82, 2.24) is 9.78 Å². The van der Waals surface area contributed by atoms with E-state index in [1.165, 1.54) is 0 Å². The van der Waals surface area contributed by atoms with Gasteiger partial charge in [-0.2, -0.15) is 5.10 Å². The second-order valence-corrected chi connectivity index (χ2v) is 2.91. The Morgan fingerprint density at radius 2 is 2.50 bits per heavy atom. The zero-order valence-corrected chi connectivity index (χ0v) is 7.14. The van der Waals surface area contributed by atoms with Crippen molar-refractivity contribution in [2.75, 3.05) is 0 Å². The number of rotatable bonds is 0. The highest BCUT2D eigenvalue weighted by Gasteiger charge is 1.95. The normalized spacial score (nSPS) is 9.88. The molecule has 2 nitrogen and oxygen atoms in total. The number of aryl methyl sites for hydroxylation is 1. The standard InChI is InChI=1S/C4H4ClIN2/c1-8-3(5)2-4(6)7-8/h2H,1H3. The van der Waals surface area contributed by atoms with E-state index in [1.54, 1.807) is 4.68 Å². The van der Waals surface area contributed by atoms with E-state index in [4.69, 9.17) is 11.6 Å². The summed E-state index contributed by atoms with van der Waals surface area (Å²) in [6, 6.07) is 1.81. The Labute approximate surface area is 66.0 Å². The molecule has 0 saturated heterocycles. The van der Waals surface area contributed by atoms with Crippen LogP contribution in [0.25, 0.3) is 0 Å². The van der Waals surface area contributed by atoms with Crippen LogP contribution in [0.15, 0.2) is 6.07 Å². The van der Waals surface area contributed by atoms with Crippen LogP contribution in [-0.2, 0) is 7.05 Å². The zero-order valence-electron chi connectivity index (χ0n) is 4.23. The number of hydrogen-bond acceptors (Lipinski definition) is 1.